The van der Waals surface area contributed by atoms with Crippen molar-refractivity contribution in [2.24, 2.45) is 0 Å². The van der Waals surface area contributed by atoms with Crippen molar-refractivity contribution in [3.63, 3.8) is 0 Å². The molecule has 2 aromatic heterocycles. The predicted molar refractivity (Wildman–Crippen MR) is 114 cm³/mol. The first-order valence-corrected chi connectivity index (χ1v) is 10.0. The van der Waals surface area contributed by atoms with E-state index in [1.165, 1.54) is 0 Å². The van der Waals surface area contributed by atoms with Crippen molar-refractivity contribution in [2.75, 3.05) is 18.4 Å². The zero-order valence-corrected chi connectivity index (χ0v) is 17.4. The molecule has 0 spiro atoms. The number of rotatable bonds is 8. The standard InChI is InChI=1S/C19H18ClN5O4S/c1-10-6-13-16(24-19(20)25-18(13)30-10)22-7-11-2-4-12(5-3-11)17(29)23-8-14(26)21-9-15(27)28/h2-6H,7-9H2,1H3,(H,21,26)(H,23,29)(H,27,28)(H,22,24,25). The summed E-state index contributed by atoms with van der Waals surface area (Å²) in [7, 11) is 0. The highest BCUT2D eigenvalue weighted by Crippen LogP contribution is 2.29. The highest BCUT2D eigenvalue weighted by atomic mass is 35.5. The van der Waals surface area contributed by atoms with Gasteiger partial charge in [-0.05, 0) is 42.3 Å². The van der Waals surface area contributed by atoms with Crippen LogP contribution in [0.4, 0.5) is 5.82 Å². The van der Waals surface area contributed by atoms with Gasteiger partial charge in [0.2, 0.25) is 11.2 Å². The third-order valence-electron chi connectivity index (χ3n) is 4.01. The fraction of sp³-hybridized carbons (Fsp3) is 0.211. The largest absolute Gasteiger partial charge is 0.480 e. The first-order valence-electron chi connectivity index (χ1n) is 8.85. The van der Waals surface area contributed by atoms with Crippen molar-refractivity contribution in [3.05, 3.63) is 51.6 Å². The Labute approximate surface area is 180 Å². The lowest BCUT2D eigenvalue weighted by atomic mass is 10.1. The van der Waals surface area contributed by atoms with Gasteiger partial charge in [-0.25, -0.2) is 9.97 Å². The number of halogens is 1. The summed E-state index contributed by atoms with van der Waals surface area (Å²) in [5, 5.41) is 17.4. The summed E-state index contributed by atoms with van der Waals surface area (Å²) >= 11 is 7.54. The van der Waals surface area contributed by atoms with E-state index in [1.54, 1.807) is 35.6 Å². The first-order chi connectivity index (χ1) is 14.3. The number of aliphatic carboxylic acids is 1. The smallest absolute Gasteiger partial charge is 0.322 e. The van der Waals surface area contributed by atoms with Gasteiger partial charge in [0, 0.05) is 17.0 Å². The van der Waals surface area contributed by atoms with Crippen molar-refractivity contribution < 1.29 is 19.5 Å². The second-order valence-electron chi connectivity index (χ2n) is 6.32. The molecule has 0 radical (unpaired) electrons. The van der Waals surface area contributed by atoms with E-state index in [2.05, 4.69) is 25.9 Å². The molecule has 9 nitrogen and oxygen atoms in total. The van der Waals surface area contributed by atoms with Gasteiger partial charge in [0.25, 0.3) is 5.91 Å². The molecule has 0 bridgehead atoms. The number of carboxylic acids is 1. The van der Waals surface area contributed by atoms with E-state index >= 15 is 0 Å². The SMILES string of the molecule is Cc1cc2c(NCc3ccc(C(=O)NCC(=O)NCC(=O)O)cc3)nc(Cl)nc2s1. The number of benzene rings is 1. The quantitative estimate of drug-likeness (QED) is 0.389. The monoisotopic (exact) mass is 447 g/mol. The van der Waals surface area contributed by atoms with E-state index in [0.717, 1.165) is 20.7 Å². The molecule has 1 aromatic carbocycles. The predicted octanol–water partition coefficient (Wildman–Crippen LogP) is 2.20. The fourth-order valence-corrected chi connectivity index (χ4v) is 3.71. The number of hydrogen-bond donors (Lipinski definition) is 4. The van der Waals surface area contributed by atoms with Crippen LogP contribution in [0.1, 0.15) is 20.8 Å². The molecule has 3 rings (SSSR count). The summed E-state index contributed by atoms with van der Waals surface area (Å²) in [6, 6.07) is 8.84. The number of anilines is 1. The number of amides is 2. The lowest BCUT2D eigenvalue weighted by Crippen LogP contribution is -2.39. The summed E-state index contributed by atoms with van der Waals surface area (Å²) in [6.07, 6.45) is 0. The normalized spacial score (nSPS) is 10.6. The van der Waals surface area contributed by atoms with Gasteiger partial charge >= 0.3 is 5.97 Å². The van der Waals surface area contributed by atoms with Crippen LogP contribution < -0.4 is 16.0 Å². The zero-order valence-electron chi connectivity index (χ0n) is 15.9. The van der Waals surface area contributed by atoms with Gasteiger partial charge in [-0.1, -0.05) is 12.1 Å². The topological polar surface area (TPSA) is 133 Å². The number of carboxylic acid groups (broad SMARTS) is 1. The maximum absolute atomic E-state index is 12.1. The Morgan fingerprint density at radius 1 is 1.10 bits per heavy atom. The summed E-state index contributed by atoms with van der Waals surface area (Å²) in [4.78, 5) is 44.4. The lowest BCUT2D eigenvalue weighted by Gasteiger charge is -2.09. The molecule has 156 valence electrons. The number of aryl methyl sites for hydroxylation is 1. The Bertz CT molecular complexity index is 1100. The highest BCUT2D eigenvalue weighted by Gasteiger charge is 2.11. The molecule has 2 heterocycles. The molecule has 0 saturated heterocycles. The maximum Gasteiger partial charge on any atom is 0.322 e. The minimum Gasteiger partial charge on any atom is -0.480 e. The zero-order chi connectivity index (χ0) is 21.7. The van der Waals surface area contributed by atoms with Gasteiger partial charge in [-0.3, -0.25) is 14.4 Å². The average molecular weight is 448 g/mol. The van der Waals surface area contributed by atoms with Crippen LogP contribution in [0.15, 0.2) is 30.3 Å². The lowest BCUT2D eigenvalue weighted by molar-refractivity contribution is -0.137. The van der Waals surface area contributed by atoms with E-state index < -0.39 is 24.3 Å². The second-order valence-corrected chi connectivity index (χ2v) is 7.89. The van der Waals surface area contributed by atoms with Gasteiger partial charge in [0.05, 0.1) is 11.9 Å². The van der Waals surface area contributed by atoms with Crippen molar-refractivity contribution in [1.82, 2.24) is 20.6 Å². The Kier molecular flexibility index (Phi) is 6.80. The molecule has 3 aromatic rings. The molecule has 11 heteroatoms. The van der Waals surface area contributed by atoms with E-state index in [9.17, 15) is 14.4 Å². The molecule has 30 heavy (non-hydrogen) atoms. The van der Waals surface area contributed by atoms with Crippen molar-refractivity contribution >= 4 is 56.8 Å². The van der Waals surface area contributed by atoms with E-state index in [-0.39, 0.29) is 11.8 Å². The Morgan fingerprint density at radius 3 is 2.53 bits per heavy atom. The molecule has 0 aliphatic rings. The molecule has 0 aliphatic heterocycles. The fourth-order valence-electron chi connectivity index (χ4n) is 2.61. The first kappa shape index (κ1) is 21.5. The van der Waals surface area contributed by atoms with Crippen LogP contribution >= 0.6 is 22.9 Å². The summed E-state index contributed by atoms with van der Waals surface area (Å²) in [6.45, 7) is 1.66. The van der Waals surface area contributed by atoms with Crippen LogP contribution in [0.3, 0.4) is 0 Å². The highest BCUT2D eigenvalue weighted by molar-refractivity contribution is 7.18. The van der Waals surface area contributed by atoms with Crippen LogP contribution in [0.2, 0.25) is 5.28 Å². The summed E-state index contributed by atoms with van der Waals surface area (Å²) < 4.78 is 0. The molecule has 0 atom stereocenters. The van der Waals surface area contributed by atoms with Crippen molar-refractivity contribution in [3.8, 4) is 0 Å². The molecule has 4 N–H and O–H groups in total. The Morgan fingerprint density at radius 2 is 1.83 bits per heavy atom. The molecule has 0 saturated carbocycles. The number of aromatic nitrogens is 2. The average Bonchev–Trinajstić information content (AvgIpc) is 3.09. The summed E-state index contributed by atoms with van der Waals surface area (Å²) in [5.41, 5.74) is 1.30. The molecule has 0 unspecified atom stereocenters. The minimum absolute atomic E-state index is 0.172. The van der Waals surface area contributed by atoms with Crippen LogP contribution in [0, 0.1) is 6.92 Å². The Hall–Kier alpha value is -3.24. The number of carbonyl (C=O) groups is 3. The van der Waals surface area contributed by atoms with Crippen LogP contribution in [-0.2, 0) is 16.1 Å². The number of thiophene rings is 1. The van der Waals surface area contributed by atoms with E-state index in [0.29, 0.717) is 17.9 Å². The van der Waals surface area contributed by atoms with Gasteiger partial charge in [-0.15, -0.1) is 11.3 Å². The van der Waals surface area contributed by atoms with E-state index in [4.69, 9.17) is 16.7 Å². The number of carbonyl (C=O) groups excluding carboxylic acids is 2. The van der Waals surface area contributed by atoms with Gasteiger partial charge in [0.1, 0.15) is 17.2 Å². The third kappa shape index (κ3) is 5.65. The van der Waals surface area contributed by atoms with Gasteiger partial charge in [0.15, 0.2) is 0 Å². The second kappa shape index (κ2) is 9.51. The maximum atomic E-state index is 12.1. The molecular formula is C19H18ClN5O4S. The number of nitrogens with zero attached hydrogens (tertiary/aromatic N) is 2. The van der Waals surface area contributed by atoms with Crippen LogP contribution in [0.25, 0.3) is 10.2 Å². The van der Waals surface area contributed by atoms with Gasteiger partial charge < -0.3 is 21.1 Å². The number of hydrogen-bond acceptors (Lipinski definition) is 7. The molecule has 0 fully saturated rings. The molecule has 2 amide bonds. The number of nitrogens with one attached hydrogen (secondary N) is 3. The van der Waals surface area contributed by atoms with Crippen molar-refractivity contribution in [1.29, 1.82) is 0 Å². The third-order valence-corrected chi connectivity index (χ3v) is 5.12. The Balaban J connectivity index is 1.57. The van der Waals surface area contributed by atoms with Crippen molar-refractivity contribution in [2.45, 2.75) is 13.5 Å². The van der Waals surface area contributed by atoms with Crippen LogP contribution in [0.5, 0.6) is 0 Å². The van der Waals surface area contributed by atoms with Gasteiger partial charge in [-0.2, -0.15) is 0 Å². The summed E-state index contributed by atoms with van der Waals surface area (Å²) in [5.74, 6) is -1.52. The van der Waals surface area contributed by atoms with E-state index in [1.807, 2.05) is 13.0 Å². The molecular weight excluding hydrogens is 430 g/mol. The van der Waals surface area contributed by atoms with Crippen LogP contribution in [-0.4, -0.2) is 45.9 Å². The minimum atomic E-state index is -1.15. The molecule has 0 aliphatic carbocycles. The number of fused-ring (bicyclic) bond motifs is 1.